The number of carbonyl (C=O) groups is 1. The monoisotopic (exact) mass is 297 g/mol. The molecule has 0 heterocycles. The molecule has 2 aromatic rings. The number of aryl methyl sites for hydroxylation is 2. The van der Waals surface area contributed by atoms with Crippen molar-refractivity contribution in [2.45, 2.75) is 32.7 Å². The highest BCUT2D eigenvalue weighted by Gasteiger charge is 2.09. The molecule has 0 radical (unpaired) electrons. The minimum Gasteiger partial charge on any atom is -0.491 e. The summed E-state index contributed by atoms with van der Waals surface area (Å²) in [5.41, 5.74) is 2.28. The molecular formula is C19H23NO2. The van der Waals surface area contributed by atoms with Gasteiger partial charge in [-0.25, -0.2) is 0 Å². The molecule has 1 atom stereocenters. The van der Waals surface area contributed by atoms with Gasteiger partial charge in [-0.1, -0.05) is 48.5 Å². The molecule has 0 fully saturated rings. The lowest BCUT2D eigenvalue weighted by Crippen LogP contribution is -2.36. The summed E-state index contributed by atoms with van der Waals surface area (Å²) in [4.78, 5) is 11.9. The zero-order valence-electron chi connectivity index (χ0n) is 13.2. The van der Waals surface area contributed by atoms with E-state index >= 15 is 0 Å². The van der Waals surface area contributed by atoms with Gasteiger partial charge in [0.2, 0.25) is 5.91 Å². The van der Waals surface area contributed by atoms with Gasteiger partial charge >= 0.3 is 0 Å². The van der Waals surface area contributed by atoms with Crippen molar-refractivity contribution in [1.29, 1.82) is 0 Å². The van der Waals surface area contributed by atoms with Gasteiger partial charge in [0.15, 0.2) is 0 Å². The highest BCUT2D eigenvalue weighted by atomic mass is 16.5. The van der Waals surface area contributed by atoms with E-state index in [4.69, 9.17) is 4.74 Å². The summed E-state index contributed by atoms with van der Waals surface area (Å²) in [6.07, 6.45) is 1.26. The van der Waals surface area contributed by atoms with Gasteiger partial charge in [0.1, 0.15) is 12.4 Å². The lowest BCUT2D eigenvalue weighted by atomic mass is 10.1. The zero-order valence-corrected chi connectivity index (χ0v) is 13.2. The molecule has 3 heteroatoms. The largest absolute Gasteiger partial charge is 0.491 e. The van der Waals surface area contributed by atoms with Gasteiger partial charge in [-0.3, -0.25) is 4.79 Å². The van der Waals surface area contributed by atoms with Crippen LogP contribution < -0.4 is 10.1 Å². The Morgan fingerprint density at radius 2 is 1.77 bits per heavy atom. The van der Waals surface area contributed by atoms with Crippen molar-refractivity contribution in [3.8, 4) is 5.75 Å². The van der Waals surface area contributed by atoms with Crippen molar-refractivity contribution >= 4 is 5.91 Å². The number of para-hydroxylation sites is 1. The molecule has 2 rings (SSSR count). The van der Waals surface area contributed by atoms with E-state index in [1.165, 1.54) is 5.56 Å². The average Bonchev–Trinajstić information content (AvgIpc) is 2.53. The first-order chi connectivity index (χ1) is 10.6. The maximum Gasteiger partial charge on any atom is 0.220 e. The van der Waals surface area contributed by atoms with Crippen molar-refractivity contribution in [2.24, 2.45) is 0 Å². The van der Waals surface area contributed by atoms with Crippen molar-refractivity contribution < 1.29 is 9.53 Å². The Hall–Kier alpha value is -2.29. The molecule has 0 aromatic heterocycles. The van der Waals surface area contributed by atoms with Crippen molar-refractivity contribution in [3.63, 3.8) is 0 Å². The quantitative estimate of drug-likeness (QED) is 0.849. The van der Waals surface area contributed by atoms with E-state index in [0.717, 1.165) is 17.7 Å². The van der Waals surface area contributed by atoms with Crippen LogP contribution in [0.15, 0.2) is 54.6 Å². The van der Waals surface area contributed by atoms with E-state index in [-0.39, 0.29) is 11.9 Å². The molecule has 22 heavy (non-hydrogen) atoms. The second-order valence-electron chi connectivity index (χ2n) is 5.53. The molecule has 0 aliphatic carbocycles. The molecule has 1 amide bonds. The molecule has 0 saturated heterocycles. The summed E-state index contributed by atoms with van der Waals surface area (Å²) in [5.74, 6) is 0.928. The predicted octanol–water partition coefficient (Wildman–Crippen LogP) is 3.51. The summed E-state index contributed by atoms with van der Waals surface area (Å²) < 4.78 is 5.75. The van der Waals surface area contributed by atoms with Crippen molar-refractivity contribution in [2.75, 3.05) is 6.61 Å². The number of rotatable bonds is 7. The standard InChI is InChI=1S/C19H23NO2/c1-15-8-6-7-11-18(15)22-14-16(2)20-19(21)13-12-17-9-4-3-5-10-17/h3-11,16H,12-14H2,1-2H3,(H,20,21). The van der Waals surface area contributed by atoms with Crippen LogP contribution in [0.25, 0.3) is 0 Å². The first-order valence-electron chi connectivity index (χ1n) is 7.67. The molecule has 116 valence electrons. The smallest absolute Gasteiger partial charge is 0.220 e. The number of carbonyl (C=O) groups excluding carboxylic acids is 1. The van der Waals surface area contributed by atoms with Crippen molar-refractivity contribution in [3.05, 3.63) is 65.7 Å². The summed E-state index contributed by atoms with van der Waals surface area (Å²) in [6.45, 7) is 4.44. The van der Waals surface area contributed by atoms with Gasteiger partial charge in [-0.05, 0) is 37.5 Å². The van der Waals surface area contributed by atoms with Crippen LogP contribution >= 0.6 is 0 Å². The van der Waals surface area contributed by atoms with Gasteiger partial charge in [-0.2, -0.15) is 0 Å². The molecule has 0 aliphatic rings. The van der Waals surface area contributed by atoms with Crippen LogP contribution in [0.1, 0.15) is 24.5 Å². The normalized spacial score (nSPS) is 11.7. The SMILES string of the molecule is Cc1ccccc1OCC(C)NC(=O)CCc1ccccc1. The van der Waals surface area contributed by atoms with E-state index < -0.39 is 0 Å². The van der Waals surface area contributed by atoms with Crippen LogP contribution in [0.2, 0.25) is 0 Å². The minimum atomic E-state index is -0.0112. The lowest BCUT2D eigenvalue weighted by molar-refractivity contribution is -0.121. The fourth-order valence-electron chi connectivity index (χ4n) is 2.22. The highest BCUT2D eigenvalue weighted by molar-refractivity contribution is 5.76. The maximum absolute atomic E-state index is 11.9. The molecule has 0 bridgehead atoms. The van der Waals surface area contributed by atoms with Gasteiger partial charge in [-0.15, -0.1) is 0 Å². The Labute approximate surface area is 132 Å². The third kappa shape index (κ3) is 5.24. The van der Waals surface area contributed by atoms with Crippen LogP contribution in [0.5, 0.6) is 5.75 Å². The first kappa shape index (κ1) is 16.1. The molecule has 0 spiro atoms. The second kappa shape index (κ2) is 8.23. The Kier molecular flexibility index (Phi) is 6.01. The third-order valence-corrected chi connectivity index (χ3v) is 3.47. The number of hydrogen-bond donors (Lipinski definition) is 1. The van der Waals surface area contributed by atoms with E-state index in [1.807, 2.05) is 68.4 Å². The Morgan fingerprint density at radius 1 is 1.09 bits per heavy atom. The van der Waals surface area contributed by atoms with E-state index in [2.05, 4.69) is 5.32 Å². The van der Waals surface area contributed by atoms with E-state index in [1.54, 1.807) is 0 Å². The van der Waals surface area contributed by atoms with Gasteiger partial charge in [0, 0.05) is 6.42 Å². The van der Waals surface area contributed by atoms with E-state index in [0.29, 0.717) is 13.0 Å². The van der Waals surface area contributed by atoms with Crippen LogP contribution in [-0.2, 0) is 11.2 Å². The summed E-state index contributed by atoms with van der Waals surface area (Å²) in [6, 6.07) is 17.9. The van der Waals surface area contributed by atoms with E-state index in [9.17, 15) is 4.79 Å². The van der Waals surface area contributed by atoms with Crippen LogP contribution in [-0.4, -0.2) is 18.6 Å². The Balaban J connectivity index is 1.71. The average molecular weight is 297 g/mol. The fraction of sp³-hybridized carbons (Fsp3) is 0.316. The molecule has 3 nitrogen and oxygen atoms in total. The van der Waals surface area contributed by atoms with Gasteiger partial charge in [0.05, 0.1) is 6.04 Å². The third-order valence-electron chi connectivity index (χ3n) is 3.47. The fourth-order valence-corrected chi connectivity index (χ4v) is 2.22. The Morgan fingerprint density at radius 3 is 2.50 bits per heavy atom. The first-order valence-corrected chi connectivity index (χ1v) is 7.67. The minimum absolute atomic E-state index is 0.0112. The predicted molar refractivity (Wildman–Crippen MR) is 89.0 cm³/mol. The zero-order chi connectivity index (χ0) is 15.8. The maximum atomic E-state index is 11.9. The van der Waals surface area contributed by atoms with Crippen molar-refractivity contribution in [1.82, 2.24) is 5.32 Å². The van der Waals surface area contributed by atoms with Crippen LogP contribution in [0, 0.1) is 6.92 Å². The summed E-state index contributed by atoms with van der Waals surface area (Å²) in [5, 5.41) is 2.98. The lowest BCUT2D eigenvalue weighted by Gasteiger charge is -2.16. The molecule has 2 aromatic carbocycles. The number of amides is 1. The van der Waals surface area contributed by atoms with Crippen LogP contribution in [0.4, 0.5) is 0 Å². The molecule has 1 N–H and O–H groups in total. The number of ether oxygens (including phenoxy) is 1. The Bertz CT molecular complexity index is 595. The topological polar surface area (TPSA) is 38.3 Å². The highest BCUT2D eigenvalue weighted by Crippen LogP contribution is 2.16. The van der Waals surface area contributed by atoms with Crippen LogP contribution in [0.3, 0.4) is 0 Å². The van der Waals surface area contributed by atoms with Gasteiger partial charge < -0.3 is 10.1 Å². The second-order valence-corrected chi connectivity index (χ2v) is 5.53. The molecule has 0 saturated carbocycles. The molecule has 0 aliphatic heterocycles. The number of hydrogen-bond acceptors (Lipinski definition) is 2. The number of nitrogens with one attached hydrogen (secondary N) is 1. The number of benzene rings is 2. The van der Waals surface area contributed by atoms with Gasteiger partial charge in [0.25, 0.3) is 0 Å². The summed E-state index contributed by atoms with van der Waals surface area (Å²) in [7, 11) is 0. The summed E-state index contributed by atoms with van der Waals surface area (Å²) >= 11 is 0. The molecule has 1 unspecified atom stereocenters. The molecular weight excluding hydrogens is 274 g/mol.